The van der Waals surface area contributed by atoms with Crippen molar-refractivity contribution in [2.45, 2.75) is 55.7 Å². The Labute approximate surface area is 187 Å². The molecule has 11 heteroatoms. The molecular weight excluding hydrogens is 432 g/mol. The lowest BCUT2D eigenvalue weighted by atomic mass is 9.98. The zero-order valence-corrected chi connectivity index (χ0v) is 19.0. The van der Waals surface area contributed by atoms with Gasteiger partial charge in [-0.25, -0.2) is 18.8 Å². The van der Waals surface area contributed by atoms with Crippen LogP contribution in [0.4, 0.5) is 10.5 Å². The number of fused-ring (bicyclic) bond motifs is 3. The quantitative estimate of drug-likeness (QED) is 0.637. The summed E-state index contributed by atoms with van der Waals surface area (Å²) in [6, 6.07) is 1.41. The van der Waals surface area contributed by atoms with Crippen molar-refractivity contribution in [1.29, 1.82) is 0 Å². The van der Waals surface area contributed by atoms with Gasteiger partial charge in [-0.3, -0.25) is 0 Å². The number of likely N-dealkylation sites (N-methyl/N-ethyl adjacent to an activating group) is 1. The summed E-state index contributed by atoms with van der Waals surface area (Å²) in [5.41, 5.74) is 4.71. The molecule has 5 rings (SSSR count). The number of urea groups is 1. The van der Waals surface area contributed by atoms with Crippen molar-refractivity contribution in [2.24, 2.45) is 9.50 Å². The van der Waals surface area contributed by atoms with Crippen LogP contribution in [0.25, 0.3) is 0 Å². The molecule has 10 nitrogen and oxygen atoms in total. The summed E-state index contributed by atoms with van der Waals surface area (Å²) in [5, 5.41) is 23.4. The van der Waals surface area contributed by atoms with Crippen LogP contribution in [-0.2, 0) is 35.7 Å². The highest BCUT2D eigenvalue weighted by atomic mass is 32.2. The second-order valence-electron chi connectivity index (χ2n) is 8.88. The van der Waals surface area contributed by atoms with Crippen LogP contribution >= 0.6 is 0 Å². The number of aliphatic hydroxyl groups is 1. The third kappa shape index (κ3) is 3.58. The van der Waals surface area contributed by atoms with E-state index >= 15 is 0 Å². The number of nitrogens with zero attached hydrogens (tertiary/aromatic N) is 4. The van der Waals surface area contributed by atoms with Crippen molar-refractivity contribution >= 4 is 21.6 Å². The van der Waals surface area contributed by atoms with E-state index in [1.807, 2.05) is 19.0 Å². The van der Waals surface area contributed by atoms with Crippen LogP contribution in [0.5, 0.6) is 5.88 Å². The molecule has 0 bridgehead atoms. The number of amides is 2. The zero-order chi connectivity index (χ0) is 22.6. The van der Waals surface area contributed by atoms with Gasteiger partial charge in [-0.2, -0.15) is 5.10 Å². The average Bonchev–Trinajstić information content (AvgIpc) is 3.45. The smallest absolute Gasteiger partial charge is 0.354 e. The number of carbonyl (C=O) groups excluding carboxylic acids is 1. The molecular formula is C21H28N6O4S. The molecule has 2 aromatic rings. The van der Waals surface area contributed by atoms with Crippen molar-refractivity contribution in [1.82, 2.24) is 14.7 Å². The van der Waals surface area contributed by atoms with E-state index in [-0.39, 0.29) is 16.8 Å². The molecule has 3 aliphatic rings. The second-order valence-corrected chi connectivity index (χ2v) is 10.6. The van der Waals surface area contributed by atoms with Crippen LogP contribution in [0.3, 0.4) is 0 Å². The summed E-state index contributed by atoms with van der Waals surface area (Å²) in [5.74, 6) is 0.289. The fourth-order valence-electron chi connectivity index (χ4n) is 4.84. The molecule has 2 amide bonds. The van der Waals surface area contributed by atoms with E-state index in [1.165, 1.54) is 6.20 Å². The molecule has 0 fully saturated rings. The van der Waals surface area contributed by atoms with Gasteiger partial charge in [0.2, 0.25) is 5.88 Å². The maximum absolute atomic E-state index is 13.2. The standard InChI is InChI=1S/C21H28N6O4S/c1-26(2)13-10-27-20(31-11-13)18(9-23-27)32(22,30)25-21(29)24-19-14-5-3-4-12(14)8-16-15(19)6-7-17(16)28/h8-9,13,17,28H,3-7,10-11H2,1-2H3,(H3,22,24,25,29,30). The predicted octanol–water partition coefficient (Wildman–Crippen LogP) is 1.61. The molecule has 32 heavy (non-hydrogen) atoms. The maximum Gasteiger partial charge on any atom is 0.354 e. The minimum Gasteiger partial charge on any atom is -0.475 e. The molecule has 3 atom stereocenters. The summed E-state index contributed by atoms with van der Waals surface area (Å²) in [7, 11) is 0.337. The first-order chi connectivity index (χ1) is 15.2. The number of hydrogen-bond donors (Lipinski definition) is 3. The number of aromatic nitrogens is 2. The van der Waals surface area contributed by atoms with Gasteiger partial charge < -0.3 is 20.1 Å². The normalized spacial score (nSPS) is 23.2. The topological polar surface area (TPSA) is 135 Å². The largest absolute Gasteiger partial charge is 0.475 e. The van der Waals surface area contributed by atoms with Gasteiger partial charge in [0.25, 0.3) is 0 Å². The molecule has 1 aromatic heterocycles. The van der Waals surface area contributed by atoms with E-state index in [4.69, 9.17) is 9.88 Å². The van der Waals surface area contributed by atoms with Crippen LogP contribution in [0.15, 0.2) is 21.5 Å². The third-order valence-corrected chi connectivity index (χ3v) is 7.97. The number of nitrogens with one attached hydrogen (secondary N) is 1. The molecule has 1 aromatic carbocycles. The lowest BCUT2D eigenvalue weighted by Gasteiger charge is -2.29. The molecule has 4 N–H and O–H groups in total. The number of rotatable bonds is 3. The third-order valence-electron chi connectivity index (χ3n) is 6.62. The van der Waals surface area contributed by atoms with E-state index in [0.717, 1.165) is 41.5 Å². The minimum atomic E-state index is -3.56. The van der Waals surface area contributed by atoms with Crippen LogP contribution in [0, 0.1) is 0 Å². The Kier molecular flexibility index (Phi) is 5.24. The first kappa shape index (κ1) is 21.4. The van der Waals surface area contributed by atoms with E-state index in [9.17, 15) is 14.1 Å². The number of carbonyl (C=O) groups is 1. The molecule has 0 radical (unpaired) electrons. The number of aryl methyl sites for hydroxylation is 1. The van der Waals surface area contributed by atoms with Crippen LogP contribution in [0.1, 0.15) is 41.2 Å². The van der Waals surface area contributed by atoms with Gasteiger partial charge in [0.15, 0.2) is 9.92 Å². The van der Waals surface area contributed by atoms with E-state index in [2.05, 4.69) is 20.8 Å². The highest BCUT2D eigenvalue weighted by Gasteiger charge is 2.31. The van der Waals surface area contributed by atoms with Gasteiger partial charge in [0, 0.05) is 5.69 Å². The SMILES string of the molecule is CN(C)C1COc2c(S(N)(=O)=NC(=O)Nc3c4c(cc5c3CCC5O)CCC4)cnn2C1. The second kappa shape index (κ2) is 7.84. The number of nitrogens with two attached hydrogens (primary N) is 1. The summed E-state index contributed by atoms with van der Waals surface area (Å²) in [6.45, 7) is 0.965. The van der Waals surface area contributed by atoms with Crippen LogP contribution < -0.4 is 15.2 Å². The number of ether oxygens (including phenoxy) is 1. The highest BCUT2D eigenvalue weighted by molar-refractivity contribution is 7.91. The molecule has 3 unspecified atom stereocenters. The van der Waals surface area contributed by atoms with Crippen LogP contribution in [-0.4, -0.2) is 56.8 Å². The summed E-state index contributed by atoms with van der Waals surface area (Å²) >= 11 is 0. The number of aliphatic hydroxyl groups excluding tert-OH is 1. The maximum atomic E-state index is 13.2. The van der Waals surface area contributed by atoms with E-state index in [0.29, 0.717) is 31.7 Å². The molecule has 172 valence electrons. The summed E-state index contributed by atoms with van der Waals surface area (Å²) in [4.78, 5) is 15.0. The van der Waals surface area contributed by atoms with Crippen LogP contribution in [0.2, 0.25) is 0 Å². The Morgan fingerprint density at radius 1 is 1.38 bits per heavy atom. The Hall–Kier alpha value is -2.47. The highest BCUT2D eigenvalue weighted by Crippen LogP contribution is 2.42. The molecule has 0 saturated heterocycles. The number of hydrogen-bond acceptors (Lipinski definition) is 6. The van der Waals surface area contributed by atoms with Crippen molar-refractivity contribution < 1.29 is 18.8 Å². The minimum absolute atomic E-state index is 0.115. The average molecular weight is 461 g/mol. The van der Waals surface area contributed by atoms with Crippen molar-refractivity contribution in [3.05, 3.63) is 34.5 Å². The lowest BCUT2D eigenvalue weighted by molar-refractivity contribution is 0.117. The molecule has 0 spiro atoms. The Bertz CT molecular complexity index is 1210. The first-order valence-electron chi connectivity index (χ1n) is 10.8. The van der Waals surface area contributed by atoms with Gasteiger partial charge in [0.1, 0.15) is 11.5 Å². The van der Waals surface area contributed by atoms with E-state index < -0.39 is 22.1 Å². The monoisotopic (exact) mass is 460 g/mol. The van der Waals surface area contributed by atoms with Gasteiger partial charge in [-0.05, 0) is 68.5 Å². The lowest BCUT2D eigenvalue weighted by Crippen LogP contribution is -2.41. The van der Waals surface area contributed by atoms with Gasteiger partial charge in [-0.1, -0.05) is 6.07 Å². The van der Waals surface area contributed by atoms with Gasteiger partial charge in [-0.15, -0.1) is 4.36 Å². The number of anilines is 1. The Balaban J connectivity index is 1.45. The zero-order valence-electron chi connectivity index (χ0n) is 18.2. The van der Waals surface area contributed by atoms with Gasteiger partial charge >= 0.3 is 6.03 Å². The van der Waals surface area contributed by atoms with E-state index in [1.54, 1.807) is 4.68 Å². The summed E-state index contributed by atoms with van der Waals surface area (Å²) < 4.78 is 24.4. The fourth-order valence-corrected chi connectivity index (χ4v) is 5.85. The fraction of sp³-hybridized carbons (Fsp3) is 0.524. The van der Waals surface area contributed by atoms with Crippen molar-refractivity contribution in [2.75, 3.05) is 26.0 Å². The molecule has 2 heterocycles. The Morgan fingerprint density at radius 2 is 2.19 bits per heavy atom. The Morgan fingerprint density at radius 3 is 2.97 bits per heavy atom. The number of benzene rings is 1. The first-order valence-corrected chi connectivity index (χ1v) is 12.4. The molecule has 2 aliphatic carbocycles. The van der Waals surface area contributed by atoms with Gasteiger partial charge in [0.05, 0.1) is 24.9 Å². The summed E-state index contributed by atoms with van der Waals surface area (Å²) in [6.07, 6.45) is 4.90. The predicted molar refractivity (Wildman–Crippen MR) is 119 cm³/mol. The molecule has 1 aliphatic heterocycles. The van der Waals surface area contributed by atoms with Crippen molar-refractivity contribution in [3.63, 3.8) is 0 Å². The molecule has 0 saturated carbocycles. The van der Waals surface area contributed by atoms with Crippen molar-refractivity contribution in [3.8, 4) is 5.88 Å².